The summed E-state index contributed by atoms with van der Waals surface area (Å²) in [7, 11) is 4.07. The van der Waals surface area contributed by atoms with Gasteiger partial charge < -0.3 is 9.80 Å². The number of aliphatic imine (C=N–C) groups is 1. The SMILES string of the molecule is CC/N=C/C=C\C=C\C=C\c1ccc(N(CCCCSSCCCCN(Cc2ccccc2)c2ccc(/C=C/c3ccccn3)cc2)Cc2ccccc2)cc1. The van der Waals surface area contributed by atoms with Crippen LogP contribution in [0.15, 0.2) is 169 Å². The predicted octanol–water partition coefficient (Wildman–Crippen LogP) is 13.1. The number of unbranched alkanes of at least 4 members (excludes halogenated alkanes) is 2. The molecule has 0 N–H and O–H groups in total. The number of anilines is 2. The molecule has 4 aromatic carbocycles. The van der Waals surface area contributed by atoms with Gasteiger partial charge in [0.25, 0.3) is 0 Å². The van der Waals surface area contributed by atoms with Crippen molar-refractivity contribution in [3.63, 3.8) is 0 Å². The summed E-state index contributed by atoms with van der Waals surface area (Å²) in [6.45, 7) is 6.77. The van der Waals surface area contributed by atoms with E-state index in [-0.39, 0.29) is 0 Å². The molecule has 0 aliphatic heterocycles. The third kappa shape index (κ3) is 16.4. The molecule has 4 nitrogen and oxygen atoms in total. The van der Waals surface area contributed by atoms with E-state index in [4.69, 9.17) is 0 Å². The summed E-state index contributed by atoms with van der Waals surface area (Å²) in [5.74, 6) is 2.37. The van der Waals surface area contributed by atoms with E-state index < -0.39 is 0 Å². The normalized spacial score (nSPS) is 11.9. The van der Waals surface area contributed by atoms with Crippen LogP contribution >= 0.6 is 21.6 Å². The van der Waals surface area contributed by atoms with Crippen LogP contribution in [0, 0.1) is 0 Å². The summed E-state index contributed by atoms with van der Waals surface area (Å²) in [5, 5.41) is 0. The van der Waals surface area contributed by atoms with Crippen LogP contribution in [0.25, 0.3) is 18.2 Å². The molecule has 0 aliphatic carbocycles. The fourth-order valence-corrected chi connectivity index (χ4v) is 8.37. The van der Waals surface area contributed by atoms with Crippen molar-refractivity contribution in [2.75, 3.05) is 40.9 Å². The Hall–Kier alpha value is -5.04. The number of rotatable bonds is 24. The van der Waals surface area contributed by atoms with E-state index in [1.807, 2.05) is 77.4 Å². The van der Waals surface area contributed by atoms with Crippen LogP contribution in [-0.2, 0) is 13.1 Å². The molecule has 0 amide bonds. The predicted molar refractivity (Wildman–Crippen MR) is 251 cm³/mol. The molecular formula is C50H56N4S2. The van der Waals surface area contributed by atoms with Gasteiger partial charge in [-0.1, -0.05) is 149 Å². The van der Waals surface area contributed by atoms with Crippen molar-refractivity contribution in [2.45, 2.75) is 45.7 Å². The average molecular weight is 777 g/mol. The zero-order valence-electron chi connectivity index (χ0n) is 32.8. The smallest absolute Gasteiger partial charge is 0.0629 e. The lowest BCUT2D eigenvalue weighted by molar-refractivity contribution is 0.719. The van der Waals surface area contributed by atoms with Gasteiger partial charge in [-0.05, 0) is 103 Å². The van der Waals surface area contributed by atoms with E-state index in [2.05, 4.69) is 159 Å². The lowest BCUT2D eigenvalue weighted by atomic mass is 10.1. The van der Waals surface area contributed by atoms with Gasteiger partial charge >= 0.3 is 0 Å². The number of allylic oxidation sites excluding steroid dienone is 5. The highest BCUT2D eigenvalue weighted by Crippen LogP contribution is 2.26. The quantitative estimate of drug-likeness (QED) is 0.0270. The van der Waals surface area contributed by atoms with Gasteiger partial charge in [0.05, 0.1) is 5.69 Å². The topological polar surface area (TPSA) is 31.7 Å². The molecular weight excluding hydrogens is 721 g/mol. The van der Waals surface area contributed by atoms with E-state index >= 15 is 0 Å². The van der Waals surface area contributed by atoms with Crippen LogP contribution in [0.3, 0.4) is 0 Å². The van der Waals surface area contributed by atoms with E-state index in [1.54, 1.807) is 0 Å². The summed E-state index contributed by atoms with van der Waals surface area (Å²) < 4.78 is 0. The number of nitrogens with zero attached hydrogens (tertiary/aromatic N) is 4. The molecule has 5 aromatic rings. The Kier molecular flexibility index (Phi) is 19.5. The molecule has 5 rings (SSSR count). The minimum Gasteiger partial charge on any atom is -0.367 e. The van der Waals surface area contributed by atoms with E-state index in [9.17, 15) is 0 Å². The molecule has 1 heterocycles. The minimum absolute atomic E-state index is 0.813. The lowest BCUT2D eigenvalue weighted by Crippen LogP contribution is -2.24. The Morgan fingerprint density at radius 2 is 1.04 bits per heavy atom. The minimum atomic E-state index is 0.813. The summed E-state index contributed by atoms with van der Waals surface area (Å²) >= 11 is 0. The molecule has 288 valence electrons. The van der Waals surface area contributed by atoms with Gasteiger partial charge in [0, 0.05) is 68.0 Å². The standard InChI is InChI=1S/C50H56N4S2/c1-2-51-36-14-5-3-4-8-20-44-27-32-49(33-28-44)53(42-46-21-9-6-10-22-46)38-16-18-40-55-56-41-19-17-39-54(43-47-23-11-7-12-24-47)50-34-29-45(30-35-50)26-31-48-25-13-15-37-52-48/h3-15,20-37H,2,16-19,38-43H2,1H3/b4-3+,14-5-,20-8+,31-26+,51-36+. The average Bonchev–Trinajstić information content (AvgIpc) is 3.25. The second-order valence-electron chi connectivity index (χ2n) is 13.4. The number of pyridine rings is 1. The van der Waals surface area contributed by atoms with Crippen molar-refractivity contribution in [3.8, 4) is 0 Å². The van der Waals surface area contributed by atoms with Crippen molar-refractivity contribution in [1.82, 2.24) is 4.98 Å². The fourth-order valence-electron chi connectivity index (χ4n) is 6.08. The van der Waals surface area contributed by atoms with E-state index in [1.165, 1.54) is 70.8 Å². The van der Waals surface area contributed by atoms with Gasteiger partial charge in [-0.25, -0.2) is 0 Å². The lowest BCUT2D eigenvalue weighted by Gasteiger charge is -2.25. The van der Waals surface area contributed by atoms with Crippen LogP contribution in [0.4, 0.5) is 11.4 Å². The summed E-state index contributed by atoms with van der Waals surface area (Å²) in [4.78, 5) is 13.6. The van der Waals surface area contributed by atoms with Gasteiger partial charge in [-0.2, -0.15) is 0 Å². The summed E-state index contributed by atoms with van der Waals surface area (Å²) in [6, 6.07) is 45.5. The first-order valence-electron chi connectivity index (χ1n) is 19.9. The van der Waals surface area contributed by atoms with E-state index in [0.717, 1.165) is 38.4 Å². The molecule has 0 bridgehead atoms. The monoisotopic (exact) mass is 776 g/mol. The number of hydrogen-bond donors (Lipinski definition) is 0. The fraction of sp³-hybridized carbons (Fsp3) is 0.240. The maximum atomic E-state index is 4.40. The molecule has 0 aliphatic rings. The third-order valence-corrected chi connectivity index (χ3v) is 11.7. The Morgan fingerprint density at radius 3 is 1.57 bits per heavy atom. The van der Waals surface area contributed by atoms with Gasteiger partial charge in [0.15, 0.2) is 0 Å². The van der Waals surface area contributed by atoms with Gasteiger partial charge in [-0.15, -0.1) is 0 Å². The third-order valence-electron chi connectivity index (χ3n) is 9.09. The van der Waals surface area contributed by atoms with Crippen molar-refractivity contribution in [2.24, 2.45) is 4.99 Å². The van der Waals surface area contributed by atoms with Crippen LogP contribution in [0.5, 0.6) is 0 Å². The molecule has 0 atom stereocenters. The second kappa shape index (κ2) is 25.9. The maximum Gasteiger partial charge on any atom is 0.0629 e. The second-order valence-corrected chi connectivity index (χ2v) is 16.1. The molecule has 56 heavy (non-hydrogen) atoms. The summed E-state index contributed by atoms with van der Waals surface area (Å²) in [5.41, 5.74) is 8.58. The number of benzene rings is 4. The molecule has 0 spiro atoms. The Morgan fingerprint density at radius 1 is 0.518 bits per heavy atom. The molecule has 0 fully saturated rings. The molecule has 6 heteroatoms. The summed E-state index contributed by atoms with van der Waals surface area (Å²) in [6.07, 6.45) is 24.9. The van der Waals surface area contributed by atoms with Gasteiger partial charge in [0.2, 0.25) is 0 Å². The molecule has 0 saturated heterocycles. The van der Waals surface area contributed by atoms with Crippen LogP contribution in [-0.4, -0.2) is 42.3 Å². The van der Waals surface area contributed by atoms with Crippen molar-refractivity contribution < 1.29 is 0 Å². The highest BCUT2D eigenvalue weighted by Gasteiger charge is 2.09. The molecule has 0 unspecified atom stereocenters. The molecule has 0 radical (unpaired) electrons. The van der Waals surface area contributed by atoms with Gasteiger partial charge in [-0.3, -0.25) is 9.98 Å². The highest BCUT2D eigenvalue weighted by atomic mass is 33.1. The van der Waals surface area contributed by atoms with Gasteiger partial charge in [0.1, 0.15) is 0 Å². The highest BCUT2D eigenvalue weighted by molar-refractivity contribution is 8.76. The van der Waals surface area contributed by atoms with Crippen molar-refractivity contribution in [3.05, 3.63) is 192 Å². The van der Waals surface area contributed by atoms with Crippen molar-refractivity contribution in [1.29, 1.82) is 0 Å². The molecule has 0 saturated carbocycles. The first kappa shape index (κ1) is 42.1. The maximum absolute atomic E-state index is 4.40. The Bertz CT molecular complexity index is 1920. The zero-order chi connectivity index (χ0) is 38.7. The largest absolute Gasteiger partial charge is 0.367 e. The Balaban J connectivity index is 1.03. The van der Waals surface area contributed by atoms with Crippen LogP contribution < -0.4 is 9.80 Å². The number of aromatic nitrogens is 1. The van der Waals surface area contributed by atoms with Crippen molar-refractivity contribution >= 4 is 57.4 Å². The first-order valence-corrected chi connectivity index (χ1v) is 22.4. The molecule has 1 aromatic heterocycles. The van der Waals surface area contributed by atoms with E-state index in [0.29, 0.717) is 0 Å². The Labute approximate surface area is 344 Å². The first-order chi connectivity index (χ1) is 27.8. The zero-order valence-corrected chi connectivity index (χ0v) is 34.4. The van der Waals surface area contributed by atoms with Crippen LogP contribution in [0.2, 0.25) is 0 Å². The number of hydrogen-bond acceptors (Lipinski definition) is 6. The van der Waals surface area contributed by atoms with Crippen LogP contribution in [0.1, 0.15) is 60.6 Å².